The molecular weight excluding hydrogens is 190 g/mol. The summed E-state index contributed by atoms with van der Waals surface area (Å²) in [6.45, 7) is 2.21. The average molecular weight is 203 g/mol. The Hall–Kier alpha value is -1.65. The molecule has 0 bridgehead atoms. The third-order valence-corrected chi connectivity index (χ3v) is 2.95. The van der Waals surface area contributed by atoms with Gasteiger partial charge in [0.15, 0.2) is 5.65 Å². The minimum Gasteiger partial charge on any atom is -0.364 e. The van der Waals surface area contributed by atoms with E-state index in [1.54, 1.807) is 11.0 Å². The summed E-state index contributed by atoms with van der Waals surface area (Å²) in [6, 6.07) is 0. The number of anilines is 1. The van der Waals surface area contributed by atoms with Gasteiger partial charge in [-0.25, -0.2) is 9.97 Å². The van der Waals surface area contributed by atoms with Crippen LogP contribution in [0.25, 0.3) is 11.0 Å². The highest BCUT2D eigenvalue weighted by Crippen LogP contribution is 2.38. The quantitative estimate of drug-likeness (QED) is 0.800. The van der Waals surface area contributed by atoms with Crippen LogP contribution in [0.5, 0.6) is 0 Å². The van der Waals surface area contributed by atoms with Crippen LogP contribution in [-0.4, -0.2) is 25.3 Å². The summed E-state index contributed by atoms with van der Waals surface area (Å²) in [7, 11) is 1.89. The van der Waals surface area contributed by atoms with Crippen molar-refractivity contribution in [3.63, 3.8) is 0 Å². The van der Waals surface area contributed by atoms with Crippen LogP contribution in [0.3, 0.4) is 0 Å². The van der Waals surface area contributed by atoms with Gasteiger partial charge in [-0.1, -0.05) is 0 Å². The van der Waals surface area contributed by atoms with Crippen LogP contribution < -0.4 is 5.32 Å². The molecule has 0 atom stereocenters. The molecule has 0 aromatic carbocycles. The molecule has 0 amide bonds. The molecule has 1 fully saturated rings. The van der Waals surface area contributed by atoms with Crippen LogP contribution in [0.15, 0.2) is 12.5 Å². The molecule has 0 saturated heterocycles. The Balaban J connectivity index is 2.09. The van der Waals surface area contributed by atoms with Gasteiger partial charge in [0.05, 0.1) is 11.6 Å². The van der Waals surface area contributed by atoms with E-state index < -0.39 is 0 Å². The van der Waals surface area contributed by atoms with E-state index in [9.17, 15) is 0 Å². The maximum absolute atomic E-state index is 4.27. The van der Waals surface area contributed by atoms with Crippen LogP contribution in [0, 0.1) is 0 Å². The summed E-state index contributed by atoms with van der Waals surface area (Å²) in [5.74, 6) is 0.896. The molecule has 5 heteroatoms. The van der Waals surface area contributed by atoms with Crippen molar-refractivity contribution in [1.29, 1.82) is 0 Å². The van der Waals surface area contributed by atoms with E-state index in [4.69, 9.17) is 0 Å². The number of hydrogen-bond donors (Lipinski definition) is 1. The Kier molecular flexibility index (Phi) is 1.55. The van der Waals surface area contributed by atoms with Gasteiger partial charge in [0, 0.05) is 12.6 Å². The fourth-order valence-corrected chi connectivity index (χ4v) is 1.66. The first kappa shape index (κ1) is 8.64. The van der Waals surface area contributed by atoms with Crippen molar-refractivity contribution in [1.82, 2.24) is 19.7 Å². The van der Waals surface area contributed by atoms with Crippen molar-refractivity contribution in [2.45, 2.75) is 25.3 Å². The lowest BCUT2D eigenvalue weighted by molar-refractivity contribution is 0.784. The molecule has 0 aliphatic heterocycles. The zero-order valence-electron chi connectivity index (χ0n) is 8.86. The lowest BCUT2D eigenvalue weighted by Crippen LogP contribution is -2.17. The number of aryl methyl sites for hydroxylation is 1. The standard InChI is InChI=1S/C10H13N5/c1-10(3-4-10)14-8-7-5-13-15(2)9(7)12-6-11-8/h5-6H,3-4H2,1-2H3,(H,11,12,14). The molecule has 3 rings (SSSR count). The molecule has 1 N–H and O–H groups in total. The number of aromatic nitrogens is 4. The van der Waals surface area contributed by atoms with E-state index >= 15 is 0 Å². The van der Waals surface area contributed by atoms with Gasteiger partial charge in [-0.05, 0) is 19.8 Å². The smallest absolute Gasteiger partial charge is 0.163 e. The Morgan fingerprint density at radius 1 is 1.40 bits per heavy atom. The van der Waals surface area contributed by atoms with Crippen LogP contribution in [0.1, 0.15) is 19.8 Å². The van der Waals surface area contributed by atoms with E-state index in [1.165, 1.54) is 12.8 Å². The highest BCUT2D eigenvalue weighted by atomic mass is 15.3. The first-order valence-corrected chi connectivity index (χ1v) is 5.09. The highest BCUT2D eigenvalue weighted by Gasteiger charge is 2.37. The first-order chi connectivity index (χ1) is 7.18. The number of nitrogens with one attached hydrogen (secondary N) is 1. The fourth-order valence-electron chi connectivity index (χ4n) is 1.66. The number of nitrogens with zero attached hydrogens (tertiary/aromatic N) is 4. The molecule has 5 nitrogen and oxygen atoms in total. The SMILES string of the molecule is Cn1ncc2c(NC3(C)CC3)ncnc21. The molecule has 1 aliphatic rings. The molecule has 2 heterocycles. The Bertz CT molecular complexity index is 512. The second kappa shape index (κ2) is 2.68. The topological polar surface area (TPSA) is 55.6 Å². The van der Waals surface area contributed by atoms with Crippen molar-refractivity contribution >= 4 is 16.9 Å². The van der Waals surface area contributed by atoms with Crippen molar-refractivity contribution in [3.8, 4) is 0 Å². The number of rotatable bonds is 2. The summed E-state index contributed by atoms with van der Waals surface area (Å²) in [5.41, 5.74) is 1.11. The summed E-state index contributed by atoms with van der Waals surface area (Å²) in [6.07, 6.45) is 5.80. The van der Waals surface area contributed by atoms with E-state index in [1.807, 2.05) is 13.2 Å². The van der Waals surface area contributed by atoms with Gasteiger partial charge in [-0.3, -0.25) is 4.68 Å². The molecule has 0 spiro atoms. The van der Waals surface area contributed by atoms with E-state index in [0.29, 0.717) is 0 Å². The van der Waals surface area contributed by atoms with Crippen molar-refractivity contribution in [3.05, 3.63) is 12.5 Å². The lowest BCUT2D eigenvalue weighted by atomic mass is 10.3. The van der Waals surface area contributed by atoms with Crippen LogP contribution >= 0.6 is 0 Å². The summed E-state index contributed by atoms with van der Waals surface area (Å²) in [4.78, 5) is 8.47. The first-order valence-electron chi connectivity index (χ1n) is 5.09. The summed E-state index contributed by atoms with van der Waals surface area (Å²) in [5, 5.41) is 8.62. The minimum atomic E-state index is 0.233. The normalized spacial score (nSPS) is 18.0. The molecule has 0 radical (unpaired) electrons. The van der Waals surface area contributed by atoms with Gasteiger partial charge in [-0.2, -0.15) is 5.10 Å². The van der Waals surface area contributed by atoms with Gasteiger partial charge >= 0.3 is 0 Å². The predicted molar refractivity (Wildman–Crippen MR) is 57.6 cm³/mol. The average Bonchev–Trinajstić information content (AvgIpc) is 2.81. The van der Waals surface area contributed by atoms with Crippen LogP contribution in [-0.2, 0) is 7.05 Å². The number of hydrogen-bond acceptors (Lipinski definition) is 4. The monoisotopic (exact) mass is 203 g/mol. The zero-order chi connectivity index (χ0) is 10.5. The summed E-state index contributed by atoms with van der Waals surface area (Å²) < 4.78 is 1.76. The zero-order valence-corrected chi connectivity index (χ0v) is 8.86. The molecule has 0 unspecified atom stereocenters. The van der Waals surface area contributed by atoms with Crippen LogP contribution in [0.2, 0.25) is 0 Å². The predicted octanol–water partition coefficient (Wildman–Crippen LogP) is 1.33. The third-order valence-electron chi connectivity index (χ3n) is 2.95. The van der Waals surface area contributed by atoms with E-state index in [-0.39, 0.29) is 5.54 Å². The summed E-state index contributed by atoms with van der Waals surface area (Å²) >= 11 is 0. The lowest BCUT2D eigenvalue weighted by Gasteiger charge is -2.12. The molecular formula is C10H13N5. The highest BCUT2D eigenvalue weighted by molar-refractivity contribution is 5.86. The molecule has 2 aromatic rings. The second-order valence-electron chi connectivity index (χ2n) is 4.41. The Morgan fingerprint density at radius 2 is 2.20 bits per heavy atom. The van der Waals surface area contributed by atoms with Crippen LogP contribution in [0.4, 0.5) is 5.82 Å². The van der Waals surface area contributed by atoms with Gasteiger partial charge in [0.25, 0.3) is 0 Å². The Labute approximate surface area is 87.5 Å². The van der Waals surface area contributed by atoms with Gasteiger partial charge in [-0.15, -0.1) is 0 Å². The van der Waals surface area contributed by atoms with Crippen molar-refractivity contribution < 1.29 is 0 Å². The molecule has 2 aromatic heterocycles. The van der Waals surface area contributed by atoms with Crippen molar-refractivity contribution in [2.75, 3.05) is 5.32 Å². The minimum absolute atomic E-state index is 0.233. The van der Waals surface area contributed by atoms with E-state index in [2.05, 4.69) is 27.3 Å². The molecule has 78 valence electrons. The maximum Gasteiger partial charge on any atom is 0.163 e. The molecule has 1 saturated carbocycles. The fraction of sp³-hybridized carbons (Fsp3) is 0.500. The number of fused-ring (bicyclic) bond motifs is 1. The maximum atomic E-state index is 4.27. The largest absolute Gasteiger partial charge is 0.364 e. The van der Waals surface area contributed by atoms with Gasteiger partial charge in [0.1, 0.15) is 12.1 Å². The van der Waals surface area contributed by atoms with Gasteiger partial charge < -0.3 is 5.32 Å². The van der Waals surface area contributed by atoms with Crippen molar-refractivity contribution in [2.24, 2.45) is 7.05 Å². The van der Waals surface area contributed by atoms with E-state index in [0.717, 1.165) is 16.9 Å². The third kappa shape index (κ3) is 1.35. The molecule has 15 heavy (non-hydrogen) atoms. The Morgan fingerprint density at radius 3 is 2.93 bits per heavy atom. The molecule has 1 aliphatic carbocycles. The second-order valence-corrected chi connectivity index (χ2v) is 4.41. The van der Waals surface area contributed by atoms with Gasteiger partial charge in [0.2, 0.25) is 0 Å².